The second-order valence-electron chi connectivity index (χ2n) is 4.81. The van der Waals surface area contributed by atoms with Crippen LogP contribution in [-0.4, -0.2) is 12.5 Å². The van der Waals surface area contributed by atoms with Gasteiger partial charge in [-0.25, -0.2) is 8.78 Å². The Labute approximate surface area is 100.0 Å². The van der Waals surface area contributed by atoms with E-state index in [2.05, 4.69) is 5.32 Å². The first-order valence-electron chi connectivity index (χ1n) is 5.60. The number of hydrogen-bond acceptors (Lipinski definition) is 1. The van der Waals surface area contributed by atoms with Gasteiger partial charge in [-0.05, 0) is 17.7 Å². The molecule has 1 nitrogen and oxygen atoms in total. The maximum Gasteiger partial charge on any atom is 0.416 e. The molecule has 0 radical (unpaired) electrons. The molecule has 1 heterocycles. The molecule has 0 amide bonds. The van der Waals surface area contributed by atoms with E-state index in [9.17, 15) is 22.0 Å². The molecule has 1 aliphatic carbocycles. The molecule has 1 saturated carbocycles. The Kier molecular flexibility index (Phi) is 2.27. The quantitative estimate of drug-likeness (QED) is 0.767. The molecule has 2 aliphatic rings. The molecule has 0 aromatic heterocycles. The Balaban J connectivity index is 1.82. The standard InChI is InChI=1S/C12H10F5N/c13-11(14)8-5-18-10(9(8)11)6-1-3-7(4-2-6)12(15,16)17/h1-4,8-10,18H,5H2/t8-,9-,10+/m1/s1. The Hall–Kier alpha value is -1.17. The first-order valence-corrected chi connectivity index (χ1v) is 5.60. The highest BCUT2D eigenvalue weighted by Gasteiger charge is 2.73. The summed E-state index contributed by atoms with van der Waals surface area (Å²) in [6.45, 7) is 0.226. The maximum atomic E-state index is 13.2. The molecule has 1 N–H and O–H groups in total. The summed E-state index contributed by atoms with van der Waals surface area (Å²) in [6.07, 6.45) is -4.40. The van der Waals surface area contributed by atoms with E-state index in [4.69, 9.17) is 0 Å². The lowest BCUT2D eigenvalue weighted by Gasteiger charge is -2.16. The monoisotopic (exact) mass is 263 g/mol. The minimum Gasteiger partial charge on any atom is -0.309 e. The summed E-state index contributed by atoms with van der Waals surface area (Å²) in [5, 5.41) is 2.92. The van der Waals surface area contributed by atoms with E-state index >= 15 is 0 Å². The number of halogens is 5. The zero-order valence-electron chi connectivity index (χ0n) is 9.14. The molecule has 1 aromatic carbocycles. The molecule has 0 bridgehead atoms. The van der Waals surface area contributed by atoms with Gasteiger partial charge in [0.15, 0.2) is 0 Å². The van der Waals surface area contributed by atoms with Gasteiger partial charge < -0.3 is 5.32 Å². The van der Waals surface area contributed by atoms with Crippen molar-refractivity contribution in [2.75, 3.05) is 6.54 Å². The molecule has 0 spiro atoms. The van der Waals surface area contributed by atoms with Crippen molar-refractivity contribution in [3.63, 3.8) is 0 Å². The van der Waals surface area contributed by atoms with Crippen molar-refractivity contribution in [2.24, 2.45) is 11.8 Å². The van der Waals surface area contributed by atoms with Gasteiger partial charge in [-0.1, -0.05) is 12.1 Å². The summed E-state index contributed by atoms with van der Waals surface area (Å²) in [6, 6.07) is 3.89. The number of nitrogens with one attached hydrogen (secondary N) is 1. The van der Waals surface area contributed by atoms with E-state index in [0.717, 1.165) is 12.1 Å². The summed E-state index contributed by atoms with van der Waals surface area (Å²) < 4.78 is 63.6. The van der Waals surface area contributed by atoms with Crippen LogP contribution in [0.25, 0.3) is 0 Å². The summed E-state index contributed by atoms with van der Waals surface area (Å²) in [5.41, 5.74) is -0.268. The molecule has 3 atom stereocenters. The van der Waals surface area contributed by atoms with E-state index in [1.165, 1.54) is 12.1 Å². The lowest BCUT2D eigenvalue weighted by Crippen LogP contribution is -2.24. The molecule has 1 aliphatic heterocycles. The molecule has 18 heavy (non-hydrogen) atoms. The van der Waals surface area contributed by atoms with Crippen LogP contribution in [0.4, 0.5) is 22.0 Å². The molecule has 0 unspecified atom stereocenters. The highest BCUT2D eigenvalue weighted by atomic mass is 19.4. The molecule has 1 saturated heterocycles. The summed E-state index contributed by atoms with van der Waals surface area (Å²) >= 11 is 0. The van der Waals surface area contributed by atoms with Gasteiger partial charge in [0.2, 0.25) is 0 Å². The average molecular weight is 263 g/mol. The molecule has 3 rings (SSSR count). The molecular formula is C12H10F5N. The number of fused-ring (bicyclic) bond motifs is 1. The van der Waals surface area contributed by atoms with Gasteiger partial charge >= 0.3 is 6.18 Å². The Morgan fingerprint density at radius 3 is 2.17 bits per heavy atom. The summed E-state index contributed by atoms with van der Waals surface area (Å²) in [4.78, 5) is 0. The van der Waals surface area contributed by atoms with Crippen LogP contribution in [0.1, 0.15) is 17.2 Å². The van der Waals surface area contributed by atoms with Gasteiger partial charge in [-0.2, -0.15) is 13.2 Å². The fourth-order valence-corrected chi connectivity index (χ4v) is 2.72. The van der Waals surface area contributed by atoms with Gasteiger partial charge in [0.1, 0.15) is 0 Å². The van der Waals surface area contributed by atoms with Crippen LogP contribution < -0.4 is 5.32 Å². The van der Waals surface area contributed by atoms with Crippen molar-refractivity contribution in [3.05, 3.63) is 35.4 Å². The Morgan fingerprint density at radius 2 is 1.72 bits per heavy atom. The van der Waals surface area contributed by atoms with Crippen LogP contribution in [-0.2, 0) is 6.18 Å². The highest BCUT2D eigenvalue weighted by Crippen LogP contribution is 2.63. The summed E-state index contributed by atoms with van der Waals surface area (Å²) in [5.74, 6) is -4.10. The van der Waals surface area contributed by atoms with Crippen molar-refractivity contribution in [3.8, 4) is 0 Å². The van der Waals surface area contributed by atoms with Crippen LogP contribution in [0.5, 0.6) is 0 Å². The highest BCUT2D eigenvalue weighted by molar-refractivity contribution is 5.32. The van der Waals surface area contributed by atoms with Crippen LogP contribution in [0.3, 0.4) is 0 Å². The first-order chi connectivity index (χ1) is 8.32. The molecule has 2 fully saturated rings. The predicted octanol–water partition coefficient (Wildman–Crippen LogP) is 3.23. The van der Waals surface area contributed by atoms with Gasteiger partial charge in [0, 0.05) is 18.5 Å². The summed E-state index contributed by atoms with van der Waals surface area (Å²) in [7, 11) is 0. The van der Waals surface area contributed by atoms with Crippen LogP contribution in [0.2, 0.25) is 0 Å². The number of piperidine rings is 1. The second kappa shape index (κ2) is 3.44. The van der Waals surface area contributed by atoms with Crippen molar-refractivity contribution >= 4 is 0 Å². The van der Waals surface area contributed by atoms with Crippen molar-refractivity contribution < 1.29 is 22.0 Å². The normalized spacial score (nSPS) is 33.3. The average Bonchev–Trinajstić information content (AvgIpc) is 2.68. The molecule has 1 aromatic rings. The number of benzene rings is 1. The van der Waals surface area contributed by atoms with E-state index in [0.29, 0.717) is 5.56 Å². The molecule has 98 valence electrons. The fraction of sp³-hybridized carbons (Fsp3) is 0.500. The molecular weight excluding hydrogens is 253 g/mol. The lowest BCUT2D eigenvalue weighted by molar-refractivity contribution is -0.137. The molecule has 6 heteroatoms. The number of rotatable bonds is 1. The minimum absolute atomic E-state index is 0.226. The topological polar surface area (TPSA) is 12.0 Å². The van der Waals surface area contributed by atoms with Gasteiger partial charge in [0.25, 0.3) is 5.92 Å². The number of hydrogen-bond donors (Lipinski definition) is 1. The van der Waals surface area contributed by atoms with Crippen LogP contribution in [0, 0.1) is 11.8 Å². The van der Waals surface area contributed by atoms with Gasteiger partial charge in [0.05, 0.1) is 11.5 Å². The largest absolute Gasteiger partial charge is 0.416 e. The SMILES string of the molecule is FC(F)(F)c1ccc([C@@H]2NC[C@@H]3[C@H]2C3(F)F)cc1. The van der Waals surface area contributed by atoms with Gasteiger partial charge in [-0.15, -0.1) is 0 Å². The third-order valence-electron chi connectivity index (χ3n) is 3.78. The maximum absolute atomic E-state index is 13.2. The smallest absolute Gasteiger partial charge is 0.309 e. The van der Waals surface area contributed by atoms with Crippen molar-refractivity contribution in [1.82, 2.24) is 5.32 Å². The van der Waals surface area contributed by atoms with Crippen LogP contribution in [0.15, 0.2) is 24.3 Å². The Morgan fingerprint density at radius 1 is 1.11 bits per heavy atom. The second-order valence-corrected chi connectivity index (χ2v) is 4.81. The predicted molar refractivity (Wildman–Crippen MR) is 54.1 cm³/mol. The third-order valence-corrected chi connectivity index (χ3v) is 3.78. The third kappa shape index (κ3) is 1.62. The minimum atomic E-state index is -4.40. The fourth-order valence-electron chi connectivity index (χ4n) is 2.72. The first kappa shape index (κ1) is 11.9. The van der Waals surface area contributed by atoms with E-state index < -0.39 is 35.5 Å². The van der Waals surface area contributed by atoms with Crippen molar-refractivity contribution in [1.29, 1.82) is 0 Å². The number of alkyl halides is 5. The van der Waals surface area contributed by atoms with Gasteiger partial charge in [-0.3, -0.25) is 0 Å². The van der Waals surface area contributed by atoms with E-state index in [1.54, 1.807) is 0 Å². The van der Waals surface area contributed by atoms with Crippen molar-refractivity contribution in [2.45, 2.75) is 18.1 Å². The zero-order chi connectivity index (χ0) is 13.1. The zero-order valence-corrected chi connectivity index (χ0v) is 9.14. The lowest BCUT2D eigenvalue weighted by atomic mass is 10.0. The van der Waals surface area contributed by atoms with Crippen LogP contribution >= 0.6 is 0 Å². The van der Waals surface area contributed by atoms with E-state index in [1.807, 2.05) is 0 Å². The Bertz CT molecular complexity index is 464. The van der Waals surface area contributed by atoms with E-state index in [-0.39, 0.29) is 6.54 Å².